The number of methoxy groups -OCH3 is 1. The van der Waals surface area contributed by atoms with E-state index in [-0.39, 0.29) is 5.69 Å². The van der Waals surface area contributed by atoms with Gasteiger partial charge in [-0.3, -0.25) is 9.78 Å². The molecule has 0 fully saturated rings. The molecule has 0 aliphatic rings. The molecule has 3 rings (SSSR count). The summed E-state index contributed by atoms with van der Waals surface area (Å²) in [7, 11) is 1.59. The molecule has 144 valence electrons. The normalized spacial score (nSPS) is 10.4. The van der Waals surface area contributed by atoms with Crippen molar-refractivity contribution in [1.29, 1.82) is 0 Å². The SMILES string of the molecule is COc1ccc(CNc2ccnc(C(=O)Nc3ccc(F)c(F)c3F)c2)cc1. The van der Waals surface area contributed by atoms with E-state index >= 15 is 0 Å². The van der Waals surface area contributed by atoms with Crippen molar-refractivity contribution in [3.63, 3.8) is 0 Å². The Kier molecular flexibility index (Phi) is 5.78. The van der Waals surface area contributed by atoms with Gasteiger partial charge in [0.2, 0.25) is 0 Å². The smallest absolute Gasteiger partial charge is 0.274 e. The molecule has 1 heterocycles. The van der Waals surface area contributed by atoms with Crippen LogP contribution in [0.4, 0.5) is 24.5 Å². The van der Waals surface area contributed by atoms with Gasteiger partial charge in [-0.1, -0.05) is 12.1 Å². The molecule has 1 aromatic heterocycles. The number of carbonyl (C=O) groups excluding carboxylic acids is 1. The number of nitrogens with zero attached hydrogens (tertiary/aromatic N) is 1. The van der Waals surface area contributed by atoms with Gasteiger partial charge in [0, 0.05) is 18.4 Å². The maximum atomic E-state index is 13.7. The summed E-state index contributed by atoms with van der Waals surface area (Å²) in [5.41, 5.74) is 1.13. The quantitative estimate of drug-likeness (QED) is 0.617. The van der Waals surface area contributed by atoms with Gasteiger partial charge in [-0.05, 0) is 42.0 Å². The Morgan fingerprint density at radius 2 is 1.79 bits per heavy atom. The lowest BCUT2D eigenvalue weighted by Crippen LogP contribution is -2.15. The van der Waals surface area contributed by atoms with Crippen LogP contribution in [0.15, 0.2) is 54.7 Å². The highest BCUT2D eigenvalue weighted by Gasteiger charge is 2.16. The maximum absolute atomic E-state index is 13.7. The summed E-state index contributed by atoms with van der Waals surface area (Å²) < 4.78 is 45.1. The lowest BCUT2D eigenvalue weighted by Gasteiger charge is -2.10. The van der Waals surface area contributed by atoms with Gasteiger partial charge in [0.05, 0.1) is 12.8 Å². The van der Waals surface area contributed by atoms with Crippen molar-refractivity contribution in [2.24, 2.45) is 0 Å². The number of hydrogen-bond acceptors (Lipinski definition) is 4. The molecule has 0 spiro atoms. The van der Waals surface area contributed by atoms with Crippen molar-refractivity contribution in [3.8, 4) is 5.75 Å². The second kappa shape index (κ2) is 8.43. The predicted molar refractivity (Wildman–Crippen MR) is 98.8 cm³/mol. The van der Waals surface area contributed by atoms with Crippen molar-refractivity contribution in [3.05, 3.63) is 83.4 Å². The van der Waals surface area contributed by atoms with Crippen molar-refractivity contribution in [1.82, 2.24) is 4.98 Å². The Balaban J connectivity index is 1.68. The van der Waals surface area contributed by atoms with Crippen molar-refractivity contribution in [2.75, 3.05) is 17.7 Å². The van der Waals surface area contributed by atoms with E-state index in [1.54, 1.807) is 13.2 Å². The Morgan fingerprint density at radius 1 is 1.04 bits per heavy atom. The fraction of sp³-hybridized carbons (Fsp3) is 0.100. The van der Waals surface area contributed by atoms with Gasteiger partial charge in [0.25, 0.3) is 5.91 Å². The van der Waals surface area contributed by atoms with Gasteiger partial charge in [-0.15, -0.1) is 0 Å². The molecule has 2 aromatic carbocycles. The summed E-state index contributed by atoms with van der Waals surface area (Å²) in [4.78, 5) is 16.2. The molecule has 3 aromatic rings. The third kappa shape index (κ3) is 4.40. The van der Waals surface area contributed by atoms with E-state index in [1.165, 1.54) is 12.3 Å². The van der Waals surface area contributed by atoms with Gasteiger partial charge in [-0.2, -0.15) is 0 Å². The van der Waals surface area contributed by atoms with E-state index in [9.17, 15) is 18.0 Å². The molecule has 5 nitrogen and oxygen atoms in total. The second-order valence-corrected chi connectivity index (χ2v) is 5.81. The van der Waals surface area contributed by atoms with Crippen molar-refractivity contribution in [2.45, 2.75) is 6.54 Å². The van der Waals surface area contributed by atoms with Crippen molar-refractivity contribution >= 4 is 17.3 Å². The third-order valence-electron chi connectivity index (χ3n) is 3.93. The zero-order valence-corrected chi connectivity index (χ0v) is 14.8. The number of pyridine rings is 1. The number of rotatable bonds is 6. The average molecular weight is 387 g/mol. The molecule has 0 bridgehead atoms. The lowest BCUT2D eigenvalue weighted by atomic mass is 10.2. The number of hydrogen-bond donors (Lipinski definition) is 2. The topological polar surface area (TPSA) is 63.2 Å². The van der Waals surface area contributed by atoms with E-state index in [1.807, 2.05) is 24.3 Å². The lowest BCUT2D eigenvalue weighted by molar-refractivity contribution is 0.102. The first kappa shape index (κ1) is 19.2. The van der Waals surface area contributed by atoms with Crippen LogP contribution in [0, 0.1) is 17.5 Å². The minimum absolute atomic E-state index is 0.0103. The number of amides is 1. The van der Waals surface area contributed by atoms with Crippen LogP contribution in [0.1, 0.15) is 16.1 Å². The number of aromatic nitrogens is 1. The number of anilines is 2. The Bertz CT molecular complexity index is 994. The number of benzene rings is 2. The molecule has 1 amide bonds. The molecule has 0 saturated carbocycles. The summed E-state index contributed by atoms with van der Waals surface area (Å²) in [5, 5.41) is 5.32. The summed E-state index contributed by atoms with van der Waals surface area (Å²) in [6.07, 6.45) is 1.41. The monoisotopic (exact) mass is 387 g/mol. The second-order valence-electron chi connectivity index (χ2n) is 5.81. The van der Waals surface area contributed by atoms with Crippen LogP contribution in [-0.2, 0) is 6.54 Å². The summed E-state index contributed by atoms with van der Waals surface area (Å²) in [6, 6.07) is 12.3. The molecule has 2 N–H and O–H groups in total. The summed E-state index contributed by atoms with van der Waals surface area (Å²) in [5.74, 6) is -4.46. The Morgan fingerprint density at radius 3 is 2.50 bits per heavy atom. The van der Waals surface area contributed by atoms with E-state index in [0.717, 1.165) is 23.4 Å². The minimum atomic E-state index is -1.65. The van der Waals surface area contributed by atoms with Crippen LogP contribution in [-0.4, -0.2) is 18.0 Å². The summed E-state index contributed by atoms with van der Waals surface area (Å²) >= 11 is 0. The largest absolute Gasteiger partial charge is 0.497 e. The van der Waals surface area contributed by atoms with Crippen LogP contribution in [0.3, 0.4) is 0 Å². The fourth-order valence-electron chi connectivity index (χ4n) is 2.42. The zero-order valence-electron chi connectivity index (χ0n) is 14.8. The number of ether oxygens (including phenoxy) is 1. The highest BCUT2D eigenvalue weighted by atomic mass is 19.2. The number of nitrogens with one attached hydrogen (secondary N) is 2. The van der Waals surface area contributed by atoms with Gasteiger partial charge in [0.1, 0.15) is 11.4 Å². The molecule has 0 aliphatic carbocycles. The first-order valence-electron chi connectivity index (χ1n) is 8.25. The van der Waals surface area contributed by atoms with Gasteiger partial charge in [-0.25, -0.2) is 13.2 Å². The highest BCUT2D eigenvalue weighted by Crippen LogP contribution is 2.20. The molecule has 0 radical (unpaired) electrons. The molecule has 28 heavy (non-hydrogen) atoms. The molecular weight excluding hydrogens is 371 g/mol. The Hall–Kier alpha value is -3.55. The molecule has 8 heteroatoms. The van der Waals surface area contributed by atoms with Gasteiger partial charge in [0.15, 0.2) is 17.5 Å². The first-order valence-corrected chi connectivity index (χ1v) is 8.25. The highest BCUT2D eigenvalue weighted by molar-refractivity contribution is 6.03. The van der Waals surface area contributed by atoms with E-state index in [2.05, 4.69) is 15.6 Å². The summed E-state index contributed by atoms with van der Waals surface area (Å²) in [6.45, 7) is 0.493. The van der Waals surface area contributed by atoms with Crippen LogP contribution in [0.25, 0.3) is 0 Å². The third-order valence-corrected chi connectivity index (χ3v) is 3.93. The van der Waals surface area contributed by atoms with E-state index in [4.69, 9.17) is 4.74 Å². The molecular formula is C20H16F3N3O2. The molecule has 0 atom stereocenters. The fourth-order valence-corrected chi connectivity index (χ4v) is 2.42. The standard InChI is InChI=1S/C20H16F3N3O2/c1-28-14-4-2-12(3-5-14)11-25-13-8-9-24-17(10-13)20(27)26-16-7-6-15(21)18(22)19(16)23/h2-10H,11H2,1H3,(H,24,25)(H,26,27). The molecule has 0 aliphatic heterocycles. The molecule has 0 saturated heterocycles. The van der Waals surface area contributed by atoms with E-state index < -0.39 is 29.0 Å². The Labute approximate surface area is 159 Å². The zero-order chi connectivity index (χ0) is 20.1. The van der Waals surface area contributed by atoms with Crippen LogP contribution < -0.4 is 15.4 Å². The number of halogens is 3. The predicted octanol–water partition coefficient (Wildman–Crippen LogP) is 4.37. The van der Waals surface area contributed by atoms with E-state index in [0.29, 0.717) is 12.2 Å². The van der Waals surface area contributed by atoms with Crippen molar-refractivity contribution < 1.29 is 22.7 Å². The average Bonchev–Trinajstić information content (AvgIpc) is 2.73. The maximum Gasteiger partial charge on any atom is 0.274 e. The van der Waals surface area contributed by atoms with Gasteiger partial charge < -0.3 is 15.4 Å². The number of carbonyl (C=O) groups is 1. The van der Waals surface area contributed by atoms with Crippen LogP contribution in [0.5, 0.6) is 5.75 Å². The molecule has 0 unspecified atom stereocenters. The van der Waals surface area contributed by atoms with Crippen LogP contribution >= 0.6 is 0 Å². The minimum Gasteiger partial charge on any atom is -0.497 e. The van der Waals surface area contributed by atoms with Gasteiger partial charge >= 0.3 is 0 Å². The van der Waals surface area contributed by atoms with Crippen LogP contribution in [0.2, 0.25) is 0 Å². The first-order chi connectivity index (χ1) is 13.5.